The Labute approximate surface area is 207 Å². The molecule has 5 rings (SSSR count). The highest BCUT2D eigenvalue weighted by Crippen LogP contribution is 2.30. The molecule has 0 radical (unpaired) electrons. The molecule has 180 valence electrons. The minimum atomic E-state index is -4.26. The number of carbonyl (C=O) groups is 2. The number of nitrogens with one attached hydrogen (secondary N) is 2. The van der Waals surface area contributed by atoms with Gasteiger partial charge in [0.25, 0.3) is 21.8 Å². The zero-order valence-corrected chi connectivity index (χ0v) is 20.1. The van der Waals surface area contributed by atoms with Crippen LogP contribution in [0.25, 0.3) is 10.8 Å². The van der Waals surface area contributed by atoms with Crippen LogP contribution in [0.2, 0.25) is 0 Å². The molecule has 0 aromatic heterocycles. The molecule has 1 fully saturated rings. The van der Waals surface area contributed by atoms with Crippen LogP contribution >= 0.6 is 12.2 Å². The SMILES string of the molecule is NC(=S)N(c1ccc(S(=O)(=O)NN2C(=O)c3cccc4cccc(c34)C2=O)cc1)N1CCNCC1. The molecule has 3 aromatic carbocycles. The van der Waals surface area contributed by atoms with Crippen molar-refractivity contribution in [1.82, 2.24) is 20.2 Å². The molecule has 0 spiro atoms. The monoisotopic (exact) mass is 510 g/mol. The molecular weight excluding hydrogens is 488 g/mol. The van der Waals surface area contributed by atoms with Gasteiger partial charge in [-0.25, -0.2) is 18.4 Å². The average Bonchev–Trinajstić information content (AvgIpc) is 2.86. The fourth-order valence-corrected chi connectivity index (χ4v) is 5.56. The van der Waals surface area contributed by atoms with Crippen LogP contribution in [0.1, 0.15) is 20.7 Å². The number of thiocarbonyl (C=S) groups is 1. The molecule has 10 nitrogen and oxygen atoms in total. The highest BCUT2D eigenvalue weighted by atomic mass is 32.2. The standard InChI is InChI=1S/C23H22N6O4S2/c24-23(34)29(27-13-11-25-12-14-27)16-7-9-17(10-8-16)35(32,33)26-28-21(30)18-5-1-3-15-4-2-6-19(20(15)18)22(28)31/h1-10,25-26H,11-14H2,(H2,24,34). The first-order valence-electron chi connectivity index (χ1n) is 10.9. The maximum Gasteiger partial charge on any atom is 0.276 e. The molecule has 0 atom stereocenters. The number of nitrogens with two attached hydrogens (primary N) is 1. The van der Waals surface area contributed by atoms with Gasteiger partial charge in [-0.3, -0.25) is 9.59 Å². The lowest BCUT2D eigenvalue weighted by atomic mass is 9.95. The van der Waals surface area contributed by atoms with Crippen LogP contribution in [-0.4, -0.2) is 61.5 Å². The minimum absolute atomic E-state index is 0.123. The summed E-state index contributed by atoms with van der Waals surface area (Å²) in [7, 11) is -4.26. The lowest BCUT2D eigenvalue weighted by molar-refractivity contribution is 0.0573. The van der Waals surface area contributed by atoms with E-state index in [-0.39, 0.29) is 21.1 Å². The maximum atomic E-state index is 13.1. The van der Waals surface area contributed by atoms with E-state index >= 15 is 0 Å². The predicted molar refractivity (Wildman–Crippen MR) is 135 cm³/mol. The summed E-state index contributed by atoms with van der Waals surface area (Å²) in [5.41, 5.74) is 7.03. The van der Waals surface area contributed by atoms with Crippen LogP contribution in [0, 0.1) is 0 Å². The number of sulfonamides is 1. The number of amides is 2. The van der Waals surface area contributed by atoms with Crippen LogP contribution in [-0.2, 0) is 10.0 Å². The lowest BCUT2D eigenvalue weighted by Crippen LogP contribution is -2.56. The number of imide groups is 1. The summed E-state index contributed by atoms with van der Waals surface area (Å²) in [5.74, 6) is -1.48. The van der Waals surface area contributed by atoms with Crippen LogP contribution in [0.5, 0.6) is 0 Å². The van der Waals surface area contributed by atoms with Gasteiger partial charge in [0, 0.05) is 31.6 Å². The predicted octanol–water partition coefficient (Wildman–Crippen LogP) is 1.20. The minimum Gasteiger partial charge on any atom is -0.375 e. The van der Waals surface area contributed by atoms with Gasteiger partial charge in [0.1, 0.15) is 0 Å². The van der Waals surface area contributed by atoms with Gasteiger partial charge in [-0.2, -0.15) is 5.01 Å². The lowest BCUT2D eigenvalue weighted by Gasteiger charge is -2.37. The van der Waals surface area contributed by atoms with Crippen molar-refractivity contribution in [1.29, 1.82) is 0 Å². The van der Waals surface area contributed by atoms with Crippen molar-refractivity contribution in [3.8, 4) is 0 Å². The van der Waals surface area contributed by atoms with Crippen molar-refractivity contribution in [2.45, 2.75) is 4.90 Å². The molecule has 2 heterocycles. The number of carbonyl (C=O) groups excluding carboxylic acids is 2. The van der Waals surface area contributed by atoms with E-state index in [0.717, 1.165) is 18.5 Å². The van der Waals surface area contributed by atoms with E-state index in [1.807, 2.05) is 5.01 Å². The molecule has 35 heavy (non-hydrogen) atoms. The van der Waals surface area contributed by atoms with E-state index in [9.17, 15) is 18.0 Å². The van der Waals surface area contributed by atoms with Crippen molar-refractivity contribution in [2.24, 2.45) is 5.73 Å². The zero-order valence-electron chi connectivity index (χ0n) is 18.5. The van der Waals surface area contributed by atoms with Gasteiger partial charge in [0.2, 0.25) is 0 Å². The Bertz CT molecular complexity index is 1400. The van der Waals surface area contributed by atoms with Crippen molar-refractivity contribution in [3.05, 3.63) is 71.8 Å². The number of anilines is 1. The Kier molecular flexibility index (Phi) is 5.99. The largest absolute Gasteiger partial charge is 0.375 e. The number of benzene rings is 3. The molecule has 0 bridgehead atoms. The van der Waals surface area contributed by atoms with Crippen molar-refractivity contribution in [2.75, 3.05) is 31.2 Å². The van der Waals surface area contributed by atoms with Gasteiger partial charge in [0.05, 0.1) is 21.7 Å². The molecule has 2 aliphatic rings. The summed E-state index contributed by atoms with van der Waals surface area (Å²) in [6, 6.07) is 16.0. The first kappa shape index (κ1) is 23.3. The molecule has 0 unspecified atom stereocenters. The van der Waals surface area contributed by atoms with E-state index in [1.54, 1.807) is 53.5 Å². The first-order chi connectivity index (χ1) is 16.8. The van der Waals surface area contributed by atoms with Crippen LogP contribution < -0.4 is 20.9 Å². The average molecular weight is 511 g/mol. The second-order valence-electron chi connectivity index (χ2n) is 8.10. The number of hydrogen-bond donors (Lipinski definition) is 3. The summed E-state index contributed by atoms with van der Waals surface area (Å²) >= 11 is 5.21. The molecule has 12 heteroatoms. The molecule has 0 saturated carbocycles. The fourth-order valence-electron chi connectivity index (χ4n) is 4.34. The third-order valence-corrected chi connectivity index (χ3v) is 7.45. The molecule has 1 saturated heterocycles. The number of hydrazine groups is 2. The molecule has 4 N–H and O–H groups in total. The quantitative estimate of drug-likeness (QED) is 0.343. The van der Waals surface area contributed by atoms with Gasteiger partial charge in [-0.15, -0.1) is 4.83 Å². The summed E-state index contributed by atoms with van der Waals surface area (Å²) in [6.07, 6.45) is 0. The summed E-state index contributed by atoms with van der Waals surface area (Å²) < 4.78 is 26.2. The Balaban J connectivity index is 1.42. The van der Waals surface area contributed by atoms with E-state index in [0.29, 0.717) is 29.2 Å². The Hall–Kier alpha value is -3.42. The number of nitrogens with zero attached hydrogens (tertiary/aromatic N) is 3. The van der Waals surface area contributed by atoms with Crippen molar-refractivity contribution < 1.29 is 18.0 Å². The van der Waals surface area contributed by atoms with E-state index in [1.165, 1.54) is 12.1 Å². The Morgan fingerprint density at radius 2 is 1.51 bits per heavy atom. The van der Waals surface area contributed by atoms with Crippen LogP contribution in [0.15, 0.2) is 65.6 Å². The van der Waals surface area contributed by atoms with Gasteiger partial charge in [0.15, 0.2) is 5.11 Å². The van der Waals surface area contributed by atoms with Crippen LogP contribution in [0.3, 0.4) is 0 Å². The Morgan fingerprint density at radius 3 is 2.06 bits per heavy atom. The van der Waals surface area contributed by atoms with E-state index in [4.69, 9.17) is 18.0 Å². The molecule has 2 amide bonds. The summed E-state index contributed by atoms with van der Waals surface area (Å²) in [5, 5.41) is 8.80. The van der Waals surface area contributed by atoms with Crippen molar-refractivity contribution >= 4 is 55.6 Å². The highest BCUT2D eigenvalue weighted by Gasteiger charge is 2.36. The smallest absolute Gasteiger partial charge is 0.276 e. The first-order valence-corrected chi connectivity index (χ1v) is 12.8. The van der Waals surface area contributed by atoms with Gasteiger partial charge < -0.3 is 11.1 Å². The normalized spacial score (nSPS) is 16.5. The van der Waals surface area contributed by atoms with Crippen LogP contribution in [0.4, 0.5) is 5.69 Å². The van der Waals surface area contributed by atoms with Gasteiger partial charge >= 0.3 is 0 Å². The Morgan fingerprint density at radius 1 is 0.943 bits per heavy atom. The number of hydrogen-bond acceptors (Lipinski definition) is 7. The third-order valence-electron chi connectivity index (χ3n) is 5.96. The molecular formula is C23H22N6O4S2. The maximum absolute atomic E-state index is 13.1. The topological polar surface area (TPSA) is 128 Å². The van der Waals surface area contributed by atoms with Gasteiger partial charge in [-0.1, -0.05) is 24.3 Å². The number of piperazine rings is 1. The second-order valence-corrected chi connectivity index (χ2v) is 10.2. The molecule has 2 aliphatic heterocycles. The van der Waals surface area contributed by atoms with Gasteiger partial charge in [-0.05, 0) is 54.0 Å². The molecule has 0 aliphatic carbocycles. The fraction of sp³-hybridized carbons (Fsp3) is 0.174. The number of rotatable bonds is 5. The second kappa shape index (κ2) is 8.98. The summed E-state index contributed by atoms with van der Waals surface area (Å²) in [6.45, 7) is 2.91. The highest BCUT2D eigenvalue weighted by molar-refractivity contribution is 7.89. The van der Waals surface area contributed by atoms with E-state index in [2.05, 4.69) is 10.1 Å². The van der Waals surface area contributed by atoms with E-state index < -0.39 is 21.8 Å². The zero-order chi connectivity index (χ0) is 24.7. The molecule has 3 aromatic rings. The summed E-state index contributed by atoms with van der Waals surface area (Å²) in [4.78, 5) is 28.1. The third kappa shape index (κ3) is 4.15. The van der Waals surface area contributed by atoms with Crippen molar-refractivity contribution in [3.63, 3.8) is 0 Å².